The minimum absolute atomic E-state index is 0. The summed E-state index contributed by atoms with van der Waals surface area (Å²) in [4.78, 5) is 11.2. The molecule has 3 rings (SSSR count). The van der Waals surface area contributed by atoms with Crippen molar-refractivity contribution in [2.24, 2.45) is 34.5 Å². The molecule has 2 heteroatoms. The van der Waals surface area contributed by atoms with Crippen LogP contribution in [-0.2, 0) is 4.79 Å². The normalized spacial score (nSPS) is 46.4. The van der Waals surface area contributed by atoms with Gasteiger partial charge in [-0.3, -0.25) is 0 Å². The molecule has 2 radical (unpaired) electrons. The Morgan fingerprint density at radius 2 is 2.00 bits per heavy atom. The Morgan fingerprint density at radius 1 is 1.25 bits per heavy atom. The number of carbonyl (C=O) groups is 1. The van der Waals surface area contributed by atoms with Gasteiger partial charge in [0.25, 0.3) is 0 Å². The van der Waals surface area contributed by atoms with Crippen molar-refractivity contribution in [1.29, 1.82) is 0 Å². The van der Waals surface area contributed by atoms with Crippen LogP contribution in [0.25, 0.3) is 0 Å². The summed E-state index contributed by atoms with van der Waals surface area (Å²) in [7, 11) is 0. The Kier molecular flexibility index (Phi) is 5.60. The van der Waals surface area contributed by atoms with Crippen molar-refractivity contribution in [3.8, 4) is 0 Å². The van der Waals surface area contributed by atoms with E-state index in [1.54, 1.807) is 3.06 Å². The average Bonchev–Trinajstić information content (AvgIpc) is 2.88. The maximum Gasteiger partial charge on any atom is 0 e. The Bertz CT molecular complexity index is 556. The SMILES string of the molecule is CCCC1(C)/C(=C\C=O)CCC2C1CCC1(C)C([C](C)=[Pb])CCC21.[HH]. The molecule has 3 aliphatic carbocycles. The second kappa shape index (κ2) is 7.08. The fourth-order valence-electron chi connectivity index (χ4n) is 7.26. The molecule has 6 atom stereocenters. The van der Waals surface area contributed by atoms with Gasteiger partial charge in [0, 0.05) is 1.43 Å². The Hall–Kier alpha value is 0.202. The third kappa shape index (κ3) is 2.85. The molecule has 0 aliphatic heterocycles. The van der Waals surface area contributed by atoms with Crippen LogP contribution in [0.5, 0.6) is 0 Å². The zero-order valence-electron chi connectivity index (χ0n) is 16.0. The van der Waals surface area contributed by atoms with Gasteiger partial charge in [-0.2, -0.15) is 0 Å². The summed E-state index contributed by atoms with van der Waals surface area (Å²) >= 11 is 1.27. The molecule has 0 aromatic rings. The molecule has 0 aromatic carbocycles. The first-order valence-electron chi connectivity index (χ1n) is 10.1. The third-order valence-corrected chi connectivity index (χ3v) is 9.65. The number of fused-ring (bicyclic) bond motifs is 3. The van der Waals surface area contributed by atoms with E-state index in [9.17, 15) is 4.79 Å². The second-order valence-corrected chi connectivity index (χ2v) is 12.3. The van der Waals surface area contributed by atoms with Crippen LogP contribution in [0.2, 0.25) is 0 Å². The summed E-state index contributed by atoms with van der Waals surface area (Å²) in [5, 5.41) is 0. The van der Waals surface area contributed by atoms with Crippen molar-refractivity contribution in [3.05, 3.63) is 11.6 Å². The molecule has 3 aliphatic rings. The fraction of sp³-hybridized carbons (Fsp3) is 0.818. The fourth-order valence-corrected chi connectivity index (χ4v) is 9.10. The summed E-state index contributed by atoms with van der Waals surface area (Å²) in [5.41, 5.74) is 2.31. The molecule has 0 amide bonds. The Balaban J connectivity index is 0.00000225. The van der Waals surface area contributed by atoms with Crippen molar-refractivity contribution < 1.29 is 6.22 Å². The minimum Gasteiger partial charge on any atom is 0 e. The first-order chi connectivity index (χ1) is 11.4. The van der Waals surface area contributed by atoms with E-state index in [1.807, 2.05) is 6.08 Å². The van der Waals surface area contributed by atoms with Gasteiger partial charge in [-0.15, -0.1) is 0 Å². The van der Waals surface area contributed by atoms with E-state index in [-0.39, 0.29) is 6.84 Å². The average molecular weight is 524 g/mol. The van der Waals surface area contributed by atoms with Gasteiger partial charge in [-0.25, -0.2) is 0 Å². The van der Waals surface area contributed by atoms with Crippen molar-refractivity contribution in [1.82, 2.24) is 0 Å². The zero-order valence-corrected chi connectivity index (χ0v) is 19.9. The number of hydrogen-bond donors (Lipinski definition) is 0. The Morgan fingerprint density at radius 3 is 2.62 bits per heavy atom. The van der Waals surface area contributed by atoms with Gasteiger partial charge >= 0.3 is 165 Å². The molecule has 6 unspecified atom stereocenters. The number of allylic oxidation sites excluding steroid dienone is 2. The topological polar surface area (TPSA) is 17.1 Å². The van der Waals surface area contributed by atoms with Crippen LogP contribution in [-0.4, -0.2) is 34.6 Å². The molecule has 0 heterocycles. The Labute approximate surface area is 165 Å². The number of carbonyl (C=O) groups excluding carboxylic acids is 1. The van der Waals surface area contributed by atoms with E-state index < -0.39 is 0 Å². The maximum absolute atomic E-state index is 11.2. The molecule has 0 bridgehead atoms. The van der Waals surface area contributed by atoms with Crippen molar-refractivity contribution in [2.75, 3.05) is 0 Å². The van der Waals surface area contributed by atoms with E-state index in [4.69, 9.17) is 0 Å². The van der Waals surface area contributed by atoms with Gasteiger partial charge in [0.2, 0.25) is 0 Å². The molecule has 0 aromatic heterocycles. The number of hydrogen-bond acceptors (Lipinski definition) is 1. The largest absolute Gasteiger partial charge is 0 e. The standard InChI is InChI=1S/C22H34O.Pb.H2/c1-5-13-21(3)17(12-15-23)7-9-18-19-10-8-16(6-2)22(19,4)14-11-20(18)21;;/h12,15-16,18-20H,5,7-11,13-14H2,1-4H3;;1H/b17-12-;;. The van der Waals surface area contributed by atoms with Gasteiger partial charge in [0.05, 0.1) is 0 Å². The monoisotopic (exact) mass is 524 g/mol. The molecule has 0 saturated heterocycles. The van der Waals surface area contributed by atoms with Crippen molar-refractivity contribution >= 4 is 34.6 Å². The van der Waals surface area contributed by atoms with Crippen LogP contribution in [0.15, 0.2) is 11.6 Å². The quantitative estimate of drug-likeness (QED) is 0.275. The van der Waals surface area contributed by atoms with Gasteiger partial charge in [0.15, 0.2) is 0 Å². The number of aldehydes is 1. The molecular weight excluding hydrogens is 487 g/mol. The summed E-state index contributed by atoms with van der Waals surface area (Å²) in [5.74, 6) is 3.54. The van der Waals surface area contributed by atoms with E-state index in [2.05, 4.69) is 27.7 Å². The van der Waals surface area contributed by atoms with Crippen molar-refractivity contribution in [2.45, 2.75) is 79.1 Å². The zero-order chi connectivity index (χ0) is 17.5. The summed E-state index contributed by atoms with van der Waals surface area (Å²) < 4.78 is 1.80. The molecule has 0 spiro atoms. The van der Waals surface area contributed by atoms with E-state index in [1.165, 1.54) is 75.8 Å². The molecule has 1 nitrogen and oxygen atoms in total. The van der Waals surface area contributed by atoms with Gasteiger partial charge in [-0.05, 0) is 0 Å². The van der Waals surface area contributed by atoms with Crippen LogP contribution in [0.3, 0.4) is 0 Å². The predicted molar refractivity (Wildman–Crippen MR) is 105 cm³/mol. The van der Waals surface area contributed by atoms with Crippen LogP contribution in [0.1, 0.15) is 80.5 Å². The molecule has 24 heavy (non-hydrogen) atoms. The van der Waals surface area contributed by atoms with Gasteiger partial charge in [-0.1, -0.05) is 0 Å². The van der Waals surface area contributed by atoms with Gasteiger partial charge in [0.1, 0.15) is 0 Å². The summed E-state index contributed by atoms with van der Waals surface area (Å²) in [6, 6.07) is 0. The van der Waals surface area contributed by atoms with Gasteiger partial charge < -0.3 is 0 Å². The minimum atomic E-state index is 0. The smallest absolute Gasteiger partial charge is 0 e. The molecular formula is C22H36OPb. The first kappa shape index (κ1) is 19.0. The van der Waals surface area contributed by atoms with Crippen LogP contribution < -0.4 is 0 Å². The first-order valence-corrected chi connectivity index (χ1v) is 12.0. The molecule has 134 valence electrons. The van der Waals surface area contributed by atoms with Crippen LogP contribution in [0.4, 0.5) is 0 Å². The molecule has 3 fully saturated rings. The van der Waals surface area contributed by atoms with E-state index in [0.29, 0.717) is 5.41 Å². The molecule has 3 saturated carbocycles. The second-order valence-electron chi connectivity index (χ2n) is 9.27. The summed E-state index contributed by atoms with van der Waals surface area (Å²) in [6.07, 6.45) is 13.6. The third-order valence-electron chi connectivity index (χ3n) is 8.30. The van der Waals surface area contributed by atoms with E-state index in [0.717, 1.165) is 36.4 Å². The van der Waals surface area contributed by atoms with Crippen LogP contribution >= 0.6 is 0 Å². The van der Waals surface area contributed by atoms with E-state index >= 15 is 0 Å². The molecule has 0 N–H and O–H groups in total. The maximum atomic E-state index is 11.2. The summed E-state index contributed by atoms with van der Waals surface area (Å²) in [6.45, 7) is 9.85. The van der Waals surface area contributed by atoms with Crippen molar-refractivity contribution in [3.63, 3.8) is 0 Å². The number of rotatable bonds is 4. The predicted octanol–water partition coefficient (Wildman–Crippen LogP) is 5.38. The van der Waals surface area contributed by atoms with Crippen LogP contribution in [0, 0.1) is 34.5 Å².